The summed E-state index contributed by atoms with van der Waals surface area (Å²) in [6.07, 6.45) is 4.32. The van der Waals surface area contributed by atoms with E-state index in [0.29, 0.717) is 5.56 Å². The fourth-order valence-electron chi connectivity index (χ4n) is 2.02. The summed E-state index contributed by atoms with van der Waals surface area (Å²) < 4.78 is 0. The molecule has 0 aliphatic rings. The van der Waals surface area contributed by atoms with Gasteiger partial charge in [0.25, 0.3) is 0 Å². The lowest BCUT2D eigenvalue weighted by Crippen LogP contribution is -2.19. The molecule has 0 aliphatic heterocycles. The van der Waals surface area contributed by atoms with Gasteiger partial charge in [-0.05, 0) is 30.2 Å². The minimum absolute atomic E-state index is 0.0689. The molecular weight excluding hydrogens is 252 g/mol. The zero-order chi connectivity index (χ0) is 14.5. The van der Waals surface area contributed by atoms with E-state index in [4.69, 9.17) is 10.9 Å². The quantitative estimate of drug-likeness (QED) is 0.387. The van der Waals surface area contributed by atoms with Gasteiger partial charge in [0.1, 0.15) is 0 Å². The van der Waals surface area contributed by atoms with Gasteiger partial charge in [0, 0.05) is 24.5 Å². The van der Waals surface area contributed by atoms with Crippen molar-refractivity contribution in [2.24, 2.45) is 10.9 Å². The number of nitrogens with two attached hydrogens (primary N) is 1. The van der Waals surface area contributed by atoms with Gasteiger partial charge in [-0.1, -0.05) is 24.2 Å². The molecule has 1 heterocycles. The van der Waals surface area contributed by atoms with Crippen molar-refractivity contribution in [3.8, 4) is 0 Å². The zero-order valence-electron chi connectivity index (χ0n) is 11.6. The lowest BCUT2D eigenvalue weighted by molar-refractivity contribution is 0.318. The second-order valence-electron chi connectivity index (χ2n) is 4.46. The van der Waals surface area contributed by atoms with E-state index in [0.717, 1.165) is 17.8 Å². The van der Waals surface area contributed by atoms with Gasteiger partial charge in [-0.15, -0.1) is 0 Å². The Balaban J connectivity index is 2.39. The van der Waals surface area contributed by atoms with E-state index in [-0.39, 0.29) is 5.84 Å². The first-order valence-electron chi connectivity index (χ1n) is 6.42. The number of aryl methyl sites for hydroxylation is 1. The number of pyridine rings is 1. The second-order valence-corrected chi connectivity index (χ2v) is 4.46. The lowest BCUT2D eigenvalue weighted by Gasteiger charge is -2.21. The molecule has 0 spiro atoms. The molecule has 2 rings (SSSR count). The number of benzene rings is 1. The maximum Gasteiger partial charge on any atom is 0.172 e. The highest BCUT2D eigenvalue weighted by atomic mass is 16.4. The lowest BCUT2D eigenvalue weighted by atomic mass is 10.1. The molecule has 0 atom stereocenters. The molecule has 1 aromatic carbocycles. The van der Waals surface area contributed by atoms with Crippen LogP contribution in [0.3, 0.4) is 0 Å². The first kappa shape index (κ1) is 13.9. The Morgan fingerprint density at radius 3 is 2.60 bits per heavy atom. The smallest absolute Gasteiger partial charge is 0.172 e. The minimum Gasteiger partial charge on any atom is -0.409 e. The average molecular weight is 270 g/mol. The summed E-state index contributed by atoms with van der Waals surface area (Å²) >= 11 is 0. The summed E-state index contributed by atoms with van der Waals surface area (Å²) in [5.74, 6) is 0.0689. The Bertz CT molecular complexity index is 608. The van der Waals surface area contributed by atoms with Gasteiger partial charge in [0.2, 0.25) is 0 Å². The first-order chi connectivity index (χ1) is 9.67. The number of oxime groups is 1. The molecule has 0 amide bonds. The SMILES string of the molecule is CCc1ccc(N(C)c2cnccc2/C(N)=N/O)cc1. The number of hydrogen-bond donors (Lipinski definition) is 2. The molecule has 0 fully saturated rings. The molecule has 2 aromatic rings. The van der Waals surface area contributed by atoms with Crippen LogP contribution in [0.5, 0.6) is 0 Å². The predicted octanol–water partition coefficient (Wildman–Crippen LogP) is 2.51. The molecule has 0 saturated heterocycles. The van der Waals surface area contributed by atoms with Crippen LogP contribution in [-0.2, 0) is 6.42 Å². The Morgan fingerprint density at radius 2 is 2.00 bits per heavy atom. The molecule has 0 aliphatic carbocycles. The summed E-state index contributed by atoms with van der Waals surface area (Å²) in [6, 6.07) is 9.99. The van der Waals surface area contributed by atoms with Crippen LogP contribution < -0.4 is 10.6 Å². The number of hydrogen-bond acceptors (Lipinski definition) is 4. The van der Waals surface area contributed by atoms with Crippen molar-refractivity contribution in [2.45, 2.75) is 13.3 Å². The average Bonchev–Trinajstić information content (AvgIpc) is 2.53. The van der Waals surface area contributed by atoms with Crippen molar-refractivity contribution >= 4 is 17.2 Å². The normalized spacial score (nSPS) is 11.4. The van der Waals surface area contributed by atoms with E-state index < -0.39 is 0 Å². The van der Waals surface area contributed by atoms with E-state index in [1.165, 1.54) is 5.56 Å². The highest BCUT2D eigenvalue weighted by molar-refractivity contribution is 6.02. The van der Waals surface area contributed by atoms with E-state index >= 15 is 0 Å². The maximum atomic E-state index is 8.86. The second kappa shape index (κ2) is 6.06. The van der Waals surface area contributed by atoms with Crippen LogP contribution in [-0.4, -0.2) is 23.1 Å². The maximum absolute atomic E-state index is 8.86. The van der Waals surface area contributed by atoms with E-state index in [1.54, 1.807) is 18.5 Å². The van der Waals surface area contributed by atoms with Crippen molar-refractivity contribution < 1.29 is 5.21 Å². The Kier molecular flexibility index (Phi) is 4.20. The Labute approximate surface area is 118 Å². The van der Waals surface area contributed by atoms with Crippen LogP contribution in [0.1, 0.15) is 18.1 Å². The molecule has 0 bridgehead atoms. The van der Waals surface area contributed by atoms with Crippen molar-refractivity contribution in [3.63, 3.8) is 0 Å². The van der Waals surface area contributed by atoms with Crippen molar-refractivity contribution in [2.75, 3.05) is 11.9 Å². The van der Waals surface area contributed by atoms with Gasteiger partial charge in [0.05, 0.1) is 11.9 Å². The number of anilines is 2. The van der Waals surface area contributed by atoms with Gasteiger partial charge >= 0.3 is 0 Å². The van der Waals surface area contributed by atoms with Crippen LogP contribution in [0.15, 0.2) is 47.9 Å². The Hall–Kier alpha value is -2.56. The summed E-state index contributed by atoms with van der Waals surface area (Å²) in [5.41, 5.74) is 9.43. The van der Waals surface area contributed by atoms with Crippen LogP contribution in [0.2, 0.25) is 0 Å². The van der Waals surface area contributed by atoms with Crippen molar-refractivity contribution in [3.05, 3.63) is 53.9 Å². The highest BCUT2D eigenvalue weighted by Crippen LogP contribution is 2.26. The molecule has 5 heteroatoms. The number of rotatable bonds is 4. The molecular formula is C15H18N4O. The van der Waals surface area contributed by atoms with E-state index in [1.807, 2.05) is 24.1 Å². The van der Waals surface area contributed by atoms with E-state index in [2.05, 4.69) is 29.2 Å². The Morgan fingerprint density at radius 1 is 1.30 bits per heavy atom. The van der Waals surface area contributed by atoms with Crippen LogP contribution in [0, 0.1) is 0 Å². The molecule has 0 radical (unpaired) electrons. The van der Waals surface area contributed by atoms with Gasteiger partial charge in [-0.25, -0.2) is 0 Å². The van der Waals surface area contributed by atoms with Crippen LogP contribution >= 0.6 is 0 Å². The number of aromatic nitrogens is 1. The van der Waals surface area contributed by atoms with Gasteiger partial charge in [-0.2, -0.15) is 0 Å². The molecule has 20 heavy (non-hydrogen) atoms. The van der Waals surface area contributed by atoms with Gasteiger partial charge in [-0.3, -0.25) is 4.98 Å². The summed E-state index contributed by atoms with van der Waals surface area (Å²) in [5, 5.41) is 11.9. The molecule has 3 N–H and O–H groups in total. The summed E-state index contributed by atoms with van der Waals surface area (Å²) in [4.78, 5) is 6.07. The first-order valence-corrected chi connectivity index (χ1v) is 6.42. The molecule has 5 nitrogen and oxygen atoms in total. The standard InChI is InChI=1S/C15H18N4O/c1-3-11-4-6-12(7-5-11)19(2)14-10-17-9-8-13(14)15(16)18-20/h4-10,20H,3H2,1-2H3,(H2,16,18). The largest absolute Gasteiger partial charge is 0.409 e. The molecule has 1 aromatic heterocycles. The fourth-order valence-corrected chi connectivity index (χ4v) is 2.02. The third-order valence-corrected chi connectivity index (χ3v) is 3.28. The van der Waals surface area contributed by atoms with Gasteiger partial charge < -0.3 is 15.8 Å². The molecule has 104 valence electrons. The van der Waals surface area contributed by atoms with Crippen LogP contribution in [0.4, 0.5) is 11.4 Å². The summed E-state index contributed by atoms with van der Waals surface area (Å²) in [7, 11) is 1.92. The number of nitrogens with zero attached hydrogens (tertiary/aromatic N) is 3. The van der Waals surface area contributed by atoms with Crippen molar-refractivity contribution in [1.82, 2.24) is 4.98 Å². The third kappa shape index (κ3) is 2.71. The minimum atomic E-state index is 0.0689. The molecule has 0 unspecified atom stereocenters. The number of amidine groups is 1. The van der Waals surface area contributed by atoms with E-state index in [9.17, 15) is 0 Å². The topological polar surface area (TPSA) is 74.7 Å². The van der Waals surface area contributed by atoms with Gasteiger partial charge in [0.15, 0.2) is 5.84 Å². The zero-order valence-corrected chi connectivity index (χ0v) is 11.6. The summed E-state index contributed by atoms with van der Waals surface area (Å²) in [6.45, 7) is 2.12. The monoisotopic (exact) mass is 270 g/mol. The highest BCUT2D eigenvalue weighted by Gasteiger charge is 2.12. The predicted molar refractivity (Wildman–Crippen MR) is 80.6 cm³/mol. The third-order valence-electron chi connectivity index (χ3n) is 3.28. The van der Waals surface area contributed by atoms with Crippen LogP contribution in [0.25, 0.3) is 0 Å². The molecule has 0 saturated carbocycles. The van der Waals surface area contributed by atoms with Crippen molar-refractivity contribution in [1.29, 1.82) is 0 Å². The fraction of sp³-hybridized carbons (Fsp3) is 0.200.